The summed E-state index contributed by atoms with van der Waals surface area (Å²) < 4.78 is 6.40. The molecular formula is C15H21NOS. The maximum absolute atomic E-state index is 6.40. The molecule has 1 aromatic rings. The number of fused-ring (bicyclic) bond motifs is 1. The van der Waals surface area contributed by atoms with Crippen LogP contribution in [0.1, 0.15) is 30.9 Å². The van der Waals surface area contributed by atoms with E-state index < -0.39 is 0 Å². The first-order chi connectivity index (χ1) is 8.77. The maximum Gasteiger partial charge on any atom is 0.123 e. The fourth-order valence-corrected chi connectivity index (χ4v) is 4.12. The summed E-state index contributed by atoms with van der Waals surface area (Å²) in [5.41, 5.74) is 2.88. The third-order valence-electron chi connectivity index (χ3n) is 4.00. The zero-order chi connectivity index (χ0) is 12.4. The second-order valence-electron chi connectivity index (χ2n) is 5.48. The average molecular weight is 263 g/mol. The molecule has 2 aliphatic rings. The highest BCUT2D eigenvalue weighted by atomic mass is 32.2. The van der Waals surface area contributed by atoms with Crippen molar-refractivity contribution in [2.75, 3.05) is 18.1 Å². The van der Waals surface area contributed by atoms with Crippen LogP contribution in [0.2, 0.25) is 0 Å². The molecular weight excluding hydrogens is 242 g/mol. The van der Waals surface area contributed by atoms with Crippen molar-refractivity contribution in [3.05, 3.63) is 29.3 Å². The SMILES string of the molecule is CC1(Oc2cccc3c2CCNC3)CCSCC1. The lowest BCUT2D eigenvalue weighted by molar-refractivity contribution is 0.0784. The highest BCUT2D eigenvalue weighted by Gasteiger charge is 2.30. The van der Waals surface area contributed by atoms with Gasteiger partial charge in [0.1, 0.15) is 11.4 Å². The van der Waals surface area contributed by atoms with Crippen LogP contribution >= 0.6 is 11.8 Å². The molecule has 3 rings (SSSR count). The Morgan fingerprint density at radius 2 is 2.11 bits per heavy atom. The van der Waals surface area contributed by atoms with Crippen molar-refractivity contribution in [2.24, 2.45) is 0 Å². The summed E-state index contributed by atoms with van der Waals surface area (Å²) in [6, 6.07) is 6.49. The largest absolute Gasteiger partial charge is 0.487 e. The second kappa shape index (κ2) is 5.14. The van der Waals surface area contributed by atoms with Gasteiger partial charge in [0.2, 0.25) is 0 Å². The lowest BCUT2D eigenvalue weighted by Crippen LogP contribution is -2.37. The normalized spacial score (nSPS) is 22.3. The first kappa shape index (κ1) is 12.4. The Bertz CT molecular complexity index is 427. The number of hydrogen-bond acceptors (Lipinski definition) is 3. The van der Waals surface area contributed by atoms with Crippen LogP contribution in [0.25, 0.3) is 0 Å². The van der Waals surface area contributed by atoms with Crippen LogP contribution in [0.5, 0.6) is 5.75 Å². The number of nitrogens with one attached hydrogen (secondary N) is 1. The standard InChI is InChI=1S/C15H21NOS/c1-15(6-9-18-10-7-15)17-14-4-2-3-12-11-16-8-5-13(12)14/h2-4,16H,5-11H2,1H3. The second-order valence-corrected chi connectivity index (χ2v) is 6.71. The summed E-state index contributed by atoms with van der Waals surface area (Å²) >= 11 is 2.05. The Balaban J connectivity index is 1.83. The fraction of sp³-hybridized carbons (Fsp3) is 0.600. The van der Waals surface area contributed by atoms with E-state index in [1.165, 1.54) is 35.5 Å². The van der Waals surface area contributed by atoms with Crippen molar-refractivity contribution < 1.29 is 4.74 Å². The minimum Gasteiger partial charge on any atom is -0.487 e. The zero-order valence-corrected chi connectivity index (χ0v) is 11.8. The van der Waals surface area contributed by atoms with Gasteiger partial charge >= 0.3 is 0 Å². The third-order valence-corrected chi connectivity index (χ3v) is 4.99. The van der Waals surface area contributed by atoms with E-state index in [0.29, 0.717) is 0 Å². The van der Waals surface area contributed by atoms with Gasteiger partial charge in [-0.05, 0) is 61.4 Å². The molecule has 1 aromatic carbocycles. The minimum absolute atomic E-state index is 0.0469. The Hall–Kier alpha value is -0.670. The summed E-state index contributed by atoms with van der Waals surface area (Å²) in [6.45, 7) is 4.33. The highest BCUT2D eigenvalue weighted by molar-refractivity contribution is 7.99. The Labute approximate surface area is 113 Å². The topological polar surface area (TPSA) is 21.3 Å². The zero-order valence-electron chi connectivity index (χ0n) is 11.0. The quantitative estimate of drug-likeness (QED) is 0.886. The van der Waals surface area contributed by atoms with Crippen LogP contribution in [0.4, 0.5) is 0 Å². The Morgan fingerprint density at radius 3 is 2.94 bits per heavy atom. The molecule has 0 bridgehead atoms. The van der Waals surface area contributed by atoms with Crippen LogP contribution in [-0.2, 0) is 13.0 Å². The number of benzene rings is 1. The minimum atomic E-state index is 0.0469. The van der Waals surface area contributed by atoms with E-state index in [-0.39, 0.29) is 5.60 Å². The molecule has 0 aliphatic carbocycles. The number of rotatable bonds is 2. The van der Waals surface area contributed by atoms with E-state index in [1.54, 1.807) is 0 Å². The number of hydrogen-bond donors (Lipinski definition) is 1. The van der Waals surface area contributed by atoms with E-state index in [4.69, 9.17) is 4.74 Å². The monoisotopic (exact) mass is 263 g/mol. The summed E-state index contributed by atoms with van der Waals surface area (Å²) in [6.07, 6.45) is 3.43. The lowest BCUT2D eigenvalue weighted by Gasteiger charge is -2.35. The van der Waals surface area contributed by atoms with Gasteiger partial charge in [0, 0.05) is 6.54 Å². The molecule has 1 fully saturated rings. The molecule has 3 heteroatoms. The summed E-state index contributed by atoms with van der Waals surface area (Å²) in [5.74, 6) is 3.59. The van der Waals surface area contributed by atoms with Gasteiger partial charge in [0.15, 0.2) is 0 Å². The van der Waals surface area contributed by atoms with Crippen LogP contribution in [0.15, 0.2) is 18.2 Å². The average Bonchev–Trinajstić information content (AvgIpc) is 2.40. The summed E-state index contributed by atoms with van der Waals surface area (Å²) in [4.78, 5) is 0. The van der Waals surface area contributed by atoms with Gasteiger partial charge < -0.3 is 10.1 Å². The Morgan fingerprint density at radius 1 is 1.28 bits per heavy atom. The highest BCUT2D eigenvalue weighted by Crippen LogP contribution is 2.34. The summed E-state index contributed by atoms with van der Waals surface area (Å²) in [5, 5.41) is 3.42. The van der Waals surface area contributed by atoms with Crippen LogP contribution in [0, 0.1) is 0 Å². The van der Waals surface area contributed by atoms with Crippen LogP contribution < -0.4 is 10.1 Å². The molecule has 0 atom stereocenters. The predicted molar refractivity (Wildman–Crippen MR) is 77.4 cm³/mol. The van der Waals surface area contributed by atoms with Crippen molar-refractivity contribution in [1.82, 2.24) is 5.32 Å². The predicted octanol–water partition coefficient (Wildman–Crippen LogP) is 3.00. The fourth-order valence-electron chi connectivity index (χ4n) is 2.76. The molecule has 0 spiro atoms. The Kier molecular flexibility index (Phi) is 3.53. The van der Waals surface area contributed by atoms with Crippen LogP contribution in [0.3, 0.4) is 0 Å². The molecule has 1 saturated heterocycles. The van der Waals surface area contributed by atoms with Gasteiger partial charge in [0.25, 0.3) is 0 Å². The molecule has 0 amide bonds. The van der Waals surface area contributed by atoms with E-state index in [9.17, 15) is 0 Å². The van der Waals surface area contributed by atoms with E-state index >= 15 is 0 Å². The molecule has 1 N–H and O–H groups in total. The lowest BCUT2D eigenvalue weighted by atomic mass is 9.97. The van der Waals surface area contributed by atoms with Gasteiger partial charge in [-0.3, -0.25) is 0 Å². The molecule has 18 heavy (non-hydrogen) atoms. The van der Waals surface area contributed by atoms with Crippen molar-refractivity contribution >= 4 is 11.8 Å². The van der Waals surface area contributed by atoms with Crippen molar-refractivity contribution in [3.8, 4) is 5.75 Å². The maximum atomic E-state index is 6.40. The number of thioether (sulfide) groups is 1. The van der Waals surface area contributed by atoms with E-state index in [2.05, 4.69) is 30.4 Å². The molecule has 2 nitrogen and oxygen atoms in total. The molecule has 0 saturated carbocycles. The van der Waals surface area contributed by atoms with Crippen molar-refractivity contribution in [2.45, 2.75) is 38.3 Å². The molecule has 0 radical (unpaired) electrons. The van der Waals surface area contributed by atoms with Gasteiger partial charge in [-0.15, -0.1) is 0 Å². The van der Waals surface area contributed by atoms with Crippen LogP contribution in [-0.4, -0.2) is 23.7 Å². The molecule has 2 heterocycles. The van der Waals surface area contributed by atoms with E-state index in [0.717, 1.165) is 25.3 Å². The third kappa shape index (κ3) is 2.52. The van der Waals surface area contributed by atoms with Gasteiger partial charge in [0.05, 0.1) is 0 Å². The first-order valence-corrected chi connectivity index (χ1v) is 8.01. The van der Waals surface area contributed by atoms with Crippen molar-refractivity contribution in [1.29, 1.82) is 0 Å². The molecule has 98 valence electrons. The van der Waals surface area contributed by atoms with Gasteiger partial charge in [-0.1, -0.05) is 12.1 Å². The first-order valence-electron chi connectivity index (χ1n) is 6.85. The van der Waals surface area contributed by atoms with Crippen molar-refractivity contribution in [3.63, 3.8) is 0 Å². The molecule has 2 aliphatic heterocycles. The molecule has 0 aromatic heterocycles. The van der Waals surface area contributed by atoms with Gasteiger partial charge in [-0.25, -0.2) is 0 Å². The smallest absolute Gasteiger partial charge is 0.123 e. The van der Waals surface area contributed by atoms with Gasteiger partial charge in [-0.2, -0.15) is 11.8 Å². The summed E-state index contributed by atoms with van der Waals surface area (Å²) in [7, 11) is 0. The molecule has 0 unspecified atom stereocenters. The van der Waals surface area contributed by atoms with E-state index in [1.807, 2.05) is 11.8 Å². The number of ether oxygens (including phenoxy) is 1.